The molecule has 0 atom stereocenters. The summed E-state index contributed by atoms with van der Waals surface area (Å²) in [5, 5.41) is 28.7. The largest absolute Gasteiger partial charge is 0.282 e. The Morgan fingerprint density at radius 1 is 1.35 bits per heavy atom. The molecule has 0 amide bonds. The number of nitrogens with one attached hydrogen (secondary N) is 2. The molecule has 2 N–H and O–H groups in total. The highest BCUT2D eigenvalue weighted by molar-refractivity contribution is 7.71. The van der Waals surface area contributed by atoms with E-state index in [0.717, 1.165) is 5.69 Å². The SMILES string of the molecule is Cc1cc(-c2n[nH]c(=S)n2N=Cc2cccc([N+](=O)[O-])c2)n[nH]1. The highest BCUT2D eigenvalue weighted by Crippen LogP contribution is 2.16. The van der Waals surface area contributed by atoms with E-state index in [4.69, 9.17) is 12.2 Å². The van der Waals surface area contributed by atoms with Crippen LogP contribution in [0.15, 0.2) is 35.4 Å². The van der Waals surface area contributed by atoms with Gasteiger partial charge in [-0.25, -0.2) is 5.10 Å². The molecule has 3 rings (SSSR count). The Labute approximate surface area is 134 Å². The molecule has 0 aliphatic heterocycles. The topological polar surface area (TPSA) is 118 Å². The lowest BCUT2D eigenvalue weighted by atomic mass is 10.2. The number of rotatable bonds is 4. The van der Waals surface area contributed by atoms with Crippen molar-refractivity contribution in [2.75, 3.05) is 0 Å². The van der Waals surface area contributed by atoms with E-state index in [1.807, 2.05) is 13.0 Å². The van der Waals surface area contributed by atoms with Gasteiger partial charge in [-0.15, -0.1) is 0 Å². The number of nitrogens with zero attached hydrogens (tertiary/aromatic N) is 5. The molecule has 23 heavy (non-hydrogen) atoms. The first-order chi connectivity index (χ1) is 11.0. The zero-order chi connectivity index (χ0) is 16.4. The number of H-pyrrole nitrogens is 2. The third kappa shape index (κ3) is 3.06. The molecule has 2 heterocycles. The number of aromatic amines is 2. The molecule has 10 heteroatoms. The summed E-state index contributed by atoms with van der Waals surface area (Å²) in [6, 6.07) is 7.94. The summed E-state index contributed by atoms with van der Waals surface area (Å²) in [5.74, 6) is 0.445. The van der Waals surface area contributed by atoms with E-state index in [-0.39, 0.29) is 5.69 Å². The van der Waals surface area contributed by atoms with Crippen LogP contribution in [0.4, 0.5) is 5.69 Å². The van der Waals surface area contributed by atoms with Gasteiger partial charge in [0.25, 0.3) is 5.69 Å². The van der Waals surface area contributed by atoms with Crippen LogP contribution in [-0.2, 0) is 0 Å². The number of nitro benzene ring substituents is 1. The van der Waals surface area contributed by atoms with Crippen molar-refractivity contribution in [2.45, 2.75) is 6.92 Å². The Balaban J connectivity index is 1.97. The average molecular weight is 329 g/mol. The van der Waals surface area contributed by atoms with Crippen LogP contribution in [0, 0.1) is 21.8 Å². The summed E-state index contributed by atoms with van der Waals surface area (Å²) in [4.78, 5) is 10.3. The van der Waals surface area contributed by atoms with Gasteiger partial charge in [-0.05, 0) is 25.2 Å². The van der Waals surface area contributed by atoms with Gasteiger partial charge in [0.2, 0.25) is 10.6 Å². The highest BCUT2D eigenvalue weighted by atomic mass is 32.1. The number of non-ortho nitro benzene ring substituents is 1. The van der Waals surface area contributed by atoms with Gasteiger partial charge >= 0.3 is 0 Å². The Hall–Kier alpha value is -3.14. The number of aromatic nitrogens is 5. The molecule has 1 aromatic carbocycles. The van der Waals surface area contributed by atoms with Crippen LogP contribution in [0.25, 0.3) is 11.5 Å². The van der Waals surface area contributed by atoms with Crippen molar-refractivity contribution in [3.63, 3.8) is 0 Å². The van der Waals surface area contributed by atoms with Crippen molar-refractivity contribution in [3.8, 4) is 11.5 Å². The lowest BCUT2D eigenvalue weighted by molar-refractivity contribution is -0.384. The van der Waals surface area contributed by atoms with Gasteiger partial charge in [-0.1, -0.05) is 12.1 Å². The molecule has 0 saturated heterocycles. The molecule has 0 unspecified atom stereocenters. The van der Waals surface area contributed by atoms with Crippen molar-refractivity contribution in [3.05, 3.63) is 56.5 Å². The second kappa shape index (κ2) is 5.93. The zero-order valence-corrected chi connectivity index (χ0v) is 12.7. The zero-order valence-electron chi connectivity index (χ0n) is 11.9. The molecule has 0 spiro atoms. The molecule has 0 aliphatic rings. The van der Waals surface area contributed by atoms with Crippen LogP contribution in [-0.4, -0.2) is 36.2 Å². The third-order valence-electron chi connectivity index (χ3n) is 2.99. The number of benzene rings is 1. The van der Waals surface area contributed by atoms with E-state index in [9.17, 15) is 10.1 Å². The van der Waals surface area contributed by atoms with E-state index >= 15 is 0 Å². The molecule has 0 bridgehead atoms. The normalized spacial score (nSPS) is 11.2. The van der Waals surface area contributed by atoms with E-state index in [1.165, 1.54) is 23.0 Å². The number of nitro groups is 1. The molecular formula is C13H11N7O2S. The van der Waals surface area contributed by atoms with Crippen LogP contribution in [0.2, 0.25) is 0 Å². The summed E-state index contributed by atoms with van der Waals surface area (Å²) >= 11 is 5.15. The molecule has 0 aliphatic carbocycles. The second-order valence-corrected chi connectivity index (χ2v) is 5.08. The van der Waals surface area contributed by atoms with Gasteiger partial charge in [-0.3, -0.25) is 15.2 Å². The molecule has 2 aromatic heterocycles. The van der Waals surface area contributed by atoms with Crippen LogP contribution in [0.5, 0.6) is 0 Å². The van der Waals surface area contributed by atoms with Crippen LogP contribution >= 0.6 is 12.2 Å². The molecule has 3 aromatic rings. The number of aryl methyl sites for hydroxylation is 1. The summed E-state index contributed by atoms with van der Waals surface area (Å²) < 4.78 is 1.70. The summed E-state index contributed by atoms with van der Waals surface area (Å²) in [6.45, 7) is 1.87. The van der Waals surface area contributed by atoms with Gasteiger partial charge in [0.1, 0.15) is 5.69 Å². The average Bonchev–Trinajstić information content (AvgIpc) is 3.11. The predicted octanol–water partition coefficient (Wildman–Crippen LogP) is 2.43. The minimum absolute atomic E-state index is 0.00658. The van der Waals surface area contributed by atoms with Crippen LogP contribution in [0.1, 0.15) is 11.3 Å². The maximum atomic E-state index is 10.8. The molecule has 116 valence electrons. The monoisotopic (exact) mass is 329 g/mol. The highest BCUT2D eigenvalue weighted by Gasteiger charge is 2.11. The molecule has 0 fully saturated rings. The summed E-state index contributed by atoms with van der Waals surface area (Å²) in [5.41, 5.74) is 2.04. The van der Waals surface area contributed by atoms with E-state index < -0.39 is 4.92 Å². The van der Waals surface area contributed by atoms with E-state index in [1.54, 1.807) is 12.1 Å². The lowest BCUT2D eigenvalue weighted by Crippen LogP contribution is -1.96. The fourth-order valence-corrected chi connectivity index (χ4v) is 2.12. The summed E-state index contributed by atoms with van der Waals surface area (Å²) in [7, 11) is 0. The van der Waals surface area contributed by atoms with Crippen molar-refractivity contribution in [1.29, 1.82) is 0 Å². The maximum absolute atomic E-state index is 10.8. The first-order valence-corrected chi connectivity index (χ1v) is 6.94. The second-order valence-electron chi connectivity index (χ2n) is 4.70. The Morgan fingerprint density at radius 3 is 2.87 bits per heavy atom. The first-order valence-electron chi connectivity index (χ1n) is 6.53. The van der Waals surface area contributed by atoms with Crippen LogP contribution < -0.4 is 0 Å². The minimum Gasteiger partial charge on any atom is -0.282 e. The van der Waals surface area contributed by atoms with Gasteiger partial charge in [0, 0.05) is 23.4 Å². The third-order valence-corrected chi connectivity index (χ3v) is 3.25. The predicted molar refractivity (Wildman–Crippen MR) is 85.8 cm³/mol. The molecule has 0 saturated carbocycles. The quantitative estimate of drug-likeness (QED) is 0.330. The smallest absolute Gasteiger partial charge is 0.270 e. The molecular weight excluding hydrogens is 318 g/mol. The van der Waals surface area contributed by atoms with Crippen molar-refractivity contribution >= 4 is 24.1 Å². The summed E-state index contributed by atoms with van der Waals surface area (Å²) in [6.07, 6.45) is 1.47. The van der Waals surface area contributed by atoms with E-state index in [0.29, 0.717) is 21.9 Å². The van der Waals surface area contributed by atoms with Gasteiger partial charge in [0.05, 0.1) is 11.1 Å². The Bertz CT molecular complexity index is 953. The number of hydrogen-bond donors (Lipinski definition) is 2. The van der Waals surface area contributed by atoms with Gasteiger partial charge < -0.3 is 0 Å². The fourth-order valence-electron chi connectivity index (χ4n) is 1.94. The Kier molecular flexibility index (Phi) is 3.81. The minimum atomic E-state index is -0.460. The molecule has 9 nitrogen and oxygen atoms in total. The Morgan fingerprint density at radius 2 is 2.17 bits per heavy atom. The lowest BCUT2D eigenvalue weighted by Gasteiger charge is -1.97. The molecule has 0 radical (unpaired) electrons. The van der Waals surface area contributed by atoms with Crippen molar-refractivity contribution in [2.24, 2.45) is 5.10 Å². The van der Waals surface area contributed by atoms with Gasteiger partial charge in [0.15, 0.2) is 0 Å². The first kappa shape index (κ1) is 14.8. The van der Waals surface area contributed by atoms with Crippen molar-refractivity contribution in [1.82, 2.24) is 25.1 Å². The van der Waals surface area contributed by atoms with E-state index in [2.05, 4.69) is 25.5 Å². The van der Waals surface area contributed by atoms with Gasteiger partial charge in [-0.2, -0.15) is 20.0 Å². The fraction of sp³-hybridized carbons (Fsp3) is 0.0769. The van der Waals surface area contributed by atoms with Crippen LogP contribution in [0.3, 0.4) is 0 Å². The maximum Gasteiger partial charge on any atom is 0.270 e. The number of hydrogen-bond acceptors (Lipinski definition) is 6. The standard InChI is InChI=1S/C13H11N7O2S/c1-8-5-11(16-15-8)12-17-18-13(23)19(12)14-7-9-3-2-4-10(6-9)20(21)22/h2-7H,1H3,(H,15,16)(H,18,23). The van der Waals surface area contributed by atoms with Crippen molar-refractivity contribution < 1.29 is 4.92 Å².